The summed E-state index contributed by atoms with van der Waals surface area (Å²) in [6.45, 7) is 9.82. The molecule has 0 aliphatic heterocycles. The molecule has 1 aromatic rings. The predicted molar refractivity (Wildman–Crippen MR) is 88.4 cm³/mol. The van der Waals surface area contributed by atoms with E-state index in [4.69, 9.17) is 9.47 Å². The molecular weight excluding hydrogens is 296 g/mol. The van der Waals surface area contributed by atoms with Crippen molar-refractivity contribution in [1.29, 1.82) is 0 Å². The van der Waals surface area contributed by atoms with Gasteiger partial charge in [-0.05, 0) is 58.7 Å². The average Bonchev–Trinajstić information content (AvgIpc) is 2.41. The van der Waals surface area contributed by atoms with Crippen LogP contribution in [0.1, 0.15) is 46.1 Å². The van der Waals surface area contributed by atoms with E-state index in [1.54, 1.807) is 13.1 Å². The number of carbonyl (C=O) groups is 2. The van der Waals surface area contributed by atoms with Crippen molar-refractivity contribution in [1.82, 2.24) is 4.98 Å². The third kappa shape index (κ3) is 7.13. The second-order valence-electron chi connectivity index (χ2n) is 6.23. The zero-order valence-corrected chi connectivity index (χ0v) is 14.6. The number of carbonyl (C=O) groups excluding carboxylic acids is 2. The van der Waals surface area contributed by atoms with Crippen LogP contribution in [0.4, 0.5) is 10.6 Å². The van der Waals surface area contributed by atoms with Crippen LogP contribution in [0.15, 0.2) is 18.3 Å². The zero-order valence-electron chi connectivity index (χ0n) is 14.6. The molecule has 0 radical (unpaired) electrons. The number of pyridine rings is 1. The molecular formula is C17H26N2O4. The van der Waals surface area contributed by atoms with Crippen LogP contribution in [0.2, 0.25) is 0 Å². The summed E-state index contributed by atoms with van der Waals surface area (Å²) in [5.41, 5.74) is 0.397. The molecule has 0 unspecified atom stereocenters. The number of anilines is 1. The van der Waals surface area contributed by atoms with Crippen LogP contribution in [0, 0.1) is 6.92 Å². The van der Waals surface area contributed by atoms with Crippen molar-refractivity contribution in [3.8, 4) is 0 Å². The molecule has 1 heterocycles. The van der Waals surface area contributed by atoms with Gasteiger partial charge >= 0.3 is 12.1 Å². The number of ether oxygens (including phenoxy) is 2. The van der Waals surface area contributed by atoms with Gasteiger partial charge in [0.2, 0.25) is 0 Å². The first-order valence-corrected chi connectivity index (χ1v) is 7.81. The molecule has 0 aliphatic carbocycles. The molecule has 0 fully saturated rings. The lowest BCUT2D eigenvalue weighted by Crippen LogP contribution is -2.38. The second-order valence-corrected chi connectivity index (χ2v) is 6.23. The molecule has 0 N–H and O–H groups in total. The standard InChI is InChI=1S/C17H26N2O4/c1-6-22-15(20)8-7-11-19(16(21)23-17(3,4)5)14-12-13(2)9-10-18-14/h9-10,12H,6-8,11H2,1-5H3. The van der Waals surface area contributed by atoms with Gasteiger partial charge in [-0.2, -0.15) is 0 Å². The van der Waals surface area contributed by atoms with Gasteiger partial charge in [-0.15, -0.1) is 0 Å². The maximum atomic E-state index is 12.4. The quantitative estimate of drug-likeness (QED) is 0.750. The molecule has 0 bridgehead atoms. The van der Waals surface area contributed by atoms with Crippen LogP contribution >= 0.6 is 0 Å². The maximum absolute atomic E-state index is 12.4. The van der Waals surface area contributed by atoms with Crippen LogP contribution in [-0.2, 0) is 14.3 Å². The summed E-state index contributed by atoms with van der Waals surface area (Å²) in [5, 5.41) is 0. The Hall–Kier alpha value is -2.11. The largest absolute Gasteiger partial charge is 0.466 e. The number of esters is 1. The predicted octanol–water partition coefficient (Wildman–Crippen LogP) is 3.47. The SMILES string of the molecule is CCOC(=O)CCCN(C(=O)OC(C)(C)C)c1cc(C)ccn1. The van der Waals surface area contributed by atoms with Crippen LogP contribution in [0.3, 0.4) is 0 Å². The van der Waals surface area contributed by atoms with Gasteiger partial charge < -0.3 is 9.47 Å². The molecule has 1 rings (SSSR count). The zero-order chi connectivity index (χ0) is 17.5. The van der Waals surface area contributed by atoms with Crippen LogP contribution in [0.25, 0.3) is 0 Å². The first-order chi connectivity index (χ1) is 10.7. The first-order valence-electron chi connectivity index (χ1n) is 7.81. The highest BCUT2D eigenvalue weighted by molar-refractivity contribution is 5.86. The van der Waals surface area contributed by atoms with Crippen molar-refractivity contribution in [2.75, 3.05) is 18.1 Å². The normalized spacial score (nSPS) is 11.0. The van der Waals surface area contributed by atoms with Gasteiger partial charge in [0.15, 0.2) is 0 Å². The lowest BCUT2D eigenvalue weighted by molar-refractivity contribution is -0.143. The Bertz CT molecular complexity index is 538. The fraction of sp³-hybridized carbons (Fsp3) is 0.588. The van der Waals surface area contributed by atoms with Gasteiger partial charge in [0.05, 0.1) is 6.61 Å². The summed E-state index contributed by atoms with van der Waals surface area (Å²) in [7, 11) is 0. The molecule has 0 saturated carbocycles. The fourth-order valence-electron chi connectivity index (χ4n) is 1.90. The molecule has 128 valence electrons. The molecule has 0 atom stereocenters. The first kappa shape index (κ1) is 18.9. The van der Waals surface area contributed by atoms with Crippen molar-refractivity contribution in [2.45, 2.75) is 53.1 Å². The number of hydrogen-bond donors (Lipinski definition) is 0. The highest BCUT2D eigenvalue weighted by atomic mass is 16.6. The summed E-state index contributed by atoms with van der Waals surface area (Å²) in [5.74, 6) is 0.247. The van der Waals surface area contributed by atoms with E-state index >= 15 is 0 Å². The monoisotopic (exact) mass is 322 g/mol. The van der Waals surface area contributed by atoms with Crippen LogP contribution in [-0.4, -0.2) is 35.8 Å². The molecule has 0 aromatic carbocycles. The minimum absolute atomic E-state index is 0.249. The van der Waals surface area contributed by atoms with E-state index in [2.05, 4.69) is 4.98 Å². The van der Waals surface area contributed by atoms with E-state index in [0.29, 0.717) is 25.4 Å². The van der Waals surface area contributed by atoms with E-state index in [1.165, 1.54) is 4.90 Å². The molecule has 6 nitrogen and oxygen atoms in total. The van der Waals surface area contributed by atoms with Crippen molar-refractivity contribution < 1.29 is 19.1 Å². The topological polar surface area (TPSA) is 68.7 Å². The molecule has 23 heavy (non-hydrogen) atoms. The lowest BCUT2D eigenvalue weighted by atomic mass is 10.2. The molecule has 0 spiro atoms. The number of hydrogen-bond acceptors (Lipinski definition) is 5. The smallest absolute Gasteiger partial charge is 0.416 e. The third-order valence-corrected chi connectivity index (χ3v) is 2.86. The Morgan fingerprint density at radius 2 is 2.00 bits per heavy atom. The maximum Gasteiger partial charge on any atom is 0.416 e. The van der Waals surface area contributed by atoms with Gasteiger partial charge in [-0.3, -0.25) is 9.69 Å². The summed E-state index contributed by atoms with van der Waals surface area (Å²) in [6, 6.07) is 3.67. The Kier molecular flexibility index (Phi) is 7.00. The Morgan fingerprint density at radius 1 is 1.30 bits per heavy atom. The molecule has 0 saturated heterocycles. The Balaban J connectivity index is 2.80. The van der Waals surface area contributed by atoms with E-state index in [0.717, 1.165) is 5.56 Å². The van der Waals surface area contributed by atoms with Crippen molar-refractivity contribution in [2.24, 2.45) is 0 Å². The summed E-state index contributed by atoms with van der Waals surface area (Å²) in [4.78, 5) is 29.6. The minimum atomic E-state index is -0.597. The molecule has 6 heteroatoms. The van der Waals surface area contributed by atoms with E-state index in [1.807, 2.05) is 39.8 Å². The molecule has 1 amide bonds. The third-order valence-electron chi connectivity index (χ3n) is 2.86. The van der Waals surface area contributed by atoms with E-state index in [-0.39, 0.29) is 12.4 Å². The number of rotatable bonds is 6. The summed E-state index contributed by atoms with van der Waals surface area (Å²) < 4.78 is 10.3. The van der Waals surface area contributed by atoms with Crippen LogP contribution < -0.4 is 4.90 Å². The van der Waals surface area contributed by atoms with Gasteiger partial charge in [0, 0.05) is 19.2 Å². The number of nitrogens with zero attached hydrogens (tertiary/aromatic N) is 2. The average molecular weight is 322 g/mol. The van der Waals surface area contributed by atoms with E-state index < -0.39 is 11.7 Å². The van der Waals surface area contributed by atoms with Gasteiger partial charge in [-0.1, -0.05) is 0 Å². The van der Waals surface area contributed by atoms with Gasteiger partial charge in [0.25, 0.3) is 0 Å². The van der Waals surface area contributed by atoms with Gasteiger partial charge in [0.1, 0.15) is 11.4 Å². The minimum Gasteiger partial charge on any atom is -0.466 e. The fourth-order valence-corrected chi connectivity index (χ4v) is 1.90. The highest BCUT2D eigenvalue weighted by Gasteiger charge is 2.24. The number of aromatic nitrogens is 1. The summed E-state index contributed by atoms with van der Waals surface area (Å²) in [6.07, 6.45) is 1.90. The molecule has 0 aliphatic rings. The summed E-state index contributed by atoms with van der Waals surface area (Å²) >= 11 is 0. The number of aryl methyl sites for hydroxylation is 1. The van der Waals surface area contributed by atoms with E-state index in [9.17, 15) is 9.59 Å². The molecule has 1 aromatic heterocycles. The van der Waals surface area contributed by atoms with Gasteiger partial charge in [-0.25, -0.2) is 9.78 Å². The van der Waals surface area contributed by atoms with Crippen molar-refractivity contribution >= 4 is 17.9 Å². The Morgan fingerprint density at radius 3 is 2.57 bits per heavy atom. The second kappa shape index (κ2) is 8.50. The number of amides is 1. The van der Waals surface area contributed by atoms with Crippen LogP contribution in [0.5, 0.6) is 0 Å². The van der Waals surface area contributed by atoms with Crippen molar-refractivity contribution in [3.05, 3.63) is 23.9 Å². The van der Waals surface area contributed by atoms with Crippen molar-refractivity contribution in [3.63, 3.8) is 0 Å². The lowest BCUT2D eigenvalue weighted by Gasteiger charge is -2.26. The Labute approximate surface area is 137 Å². The highest BCUT2D eigenvalue weighted by Crippen LogP contribution is 2.18.